The van der Waals surface area contributed by atoms with E-state index in [4.69, 9.17) is 9.84 Å². The number of carbonyl (C=O) groups is 2. The van der Waals surface area contributed by atoms with Crippen LogP contribution in [0.5, 0.6) is 0 Å². The third-order valence-corrected chi connectivity index (χ3v) is 4.45. The molecule has 1 amide bonds. The summed E-state index contributed by atoms with van der Waals surface area (Å²) in [5.74, 6) is -0.844. The topological polar surface area (TPSA) is 75.6 Å². The molecule has 5 heteroatoms. The second-order valence-electron chi connectivity index (χ2n) is 6.13. The predicted molar refractivity (Wildman–Crippen MR) is 81.8 cm³/mol. The summed E-state index contributed by atoms with van der Waals surface area (Å²) in [6, 6.07) is 7.50. The molecular formula is C17H21NO4. The summed E-state index contributed by atoms with van der Waals surface area (Å²) >= 11 is 0. The fourth-order valence-corrected chi connectivity index (χ4v) is 3.04. The van der Waals surface area contributed by atoms with Crippen molar-refractivity contribution in [2.45, 2.75) is 44.1 Å². The Bertz CT molecular complexity index is 548. The SMILES string of the molecule is O=C(CCC1CCCO1)Nc1ccc([C@@H]2C[C@H]2C(=O)O)cc1. The van der Waals surface area contributed by atoms with Gasteiger partial charge in [0.2, 0.25) is 5.91 Å². The molecular weight excluding hydrogens is 282 g/mol. The fourth-order valence-electron chi connectivity index (χ4n) is 3.04. The number of ether oxygens (including phenoxy) is 1. The lowest BCUT2D eigenvalue weighted by Gasteiger charge is -2.10. The van der Waals surface area contributed by atoms with Crippen LogP contribution in [0.2, 0.25) is 0 Å². The maximum Gasteiger partial charge on any atom is 0.307 e. The first kappa shape index (κ1) is 15.0. The highest BCUT2D eigenvalue weighted by Crippen LogP contribution is 2.47. The van der Waals surface area contributed by atoms with Gasteiger partial charge in [-0.3, -0.25) is 9.59 Å². The highest BCUT2D eigenvalue weighted by molar-refractivity contribution is 5.90. The predicted octanol–water partition coefficient (Wildman–Crippen LogP) is 2.77. The number of nitrogens with one attached hydrogen (secondary N) is 1. The number of amides is 1. The zero-order valence-electron chi connectivity index (χ0n) is 12.5. The summed E-state index contributed by atoms with van der Waals surface area (Å²) in [6.07, 6.45) is 4.32. The molecule has 0 bridgehead atoms. The zero-order valence-corrected chi connectivity index (χ0v) is 12.5. The first-order chi connectivity index (χ1) is 10.6. The Balaban J connectivity index is 1.46. The number of hydrogen-bond acceptors (Lipinski definition) is 3. The molecule has 2 aliphatic rings. The maximum absolute atomic E-state index is 11.9. The number of carbonyl (C=O) groups excluding carboxylic acids is 1. The Morgan fingerprint density at radius 2 is 2.05 bits per heavy atom. The average molecular weight is 303 g/mol. The second kappa shape index (κ2) is 6.48. The Hall–Kier alpha value is -1.88. The molecule has 0 radical (unpaired) electrons. The van der Waals surface area contributed by atoms with Crippen molar-refractivity contribution in [1.29, 1.82) is 0 Å². The minimum Gasteiger partial charge on any atom is -0.481 e. The molecule has 1 saturated heterocycles. The summed E-state index contributed by atoms with van der Waals surface area (Å²) in [7, 11) is 0. The van der Waals surface area contributed by atoms with Gasteiger partial charge in [-0.2, -0.15) is 0 Å². The van der Waals surface area contributed by atoms with Crippen LogP contribution in [-0.2, 0) is 14.3 Å². The van der Waals surface area contributed by atoms with Gasteiger partial charge in [-0.05, 0) is 49.3 Å². The van der Waals surface area contributed by atoms with Crippen LogP contribution in [0.25, 0.3) is 0 Å². The summed E-state index contributed by atoms with van der Waals surface area (Å²) in [6.45, 7) is 0.812. The Kier molecular flexibility index (Phi) is 4.43. The fraction of sp³-hybridized carbons (Fsp3) is 0.529. The van der Waals surface area contributed by atoms with Crippen molar-refractivity contribution in [1.82, 2.24) is 0 Å². The minimum atomic E-state index is -0.725. The van der Waals surface area contributed by atoms with E-state index in [1.54, 1.807) is 0 Å². The van der Waals surface area contributed by atoms with Crippen LogP contribution in [0, 0.1) is 5.92 Å². The molecule has 1 aromatic carbocycles. The summed E-state index contributed by atoms with van der Waals surface area (Å²) in [5, 5.41) is 11.8. The average Bonchev–Trinajstić information content (AvgIpc) is 3.14. The van der Waals surface area contributed by atoms with Gasteiger partial charge in [-0.15, -0.1) is 0 Å². The normalized spacial score (nSPS) is 26.6. The van der Waals surface area contributed by atoms with Crippen LogP contribution >= 0.6 is 0 Å². The largest absolute Gasteiger partial charge is 0.481 e. The molecule has 1 heterocycles. The van der Waals surface area contributed by atoms with Crippen molar-refractivity contribution in [3.63, 3.8) is 0 Å². The molecule has 3 atom stereocenters. The lowest BCUT2D eigenvalue weighted by molar-refractivity contribution is -0.138. The van der Waals surface area contributed by atoms with Crippen molar-refractivity contribution in [2.24, 2.45) is 5.92 Å². The lowest BCUT2D eigenvalue weighted by Crippen LogP contribution is -2.15. The first-order valence-corrected chi connectivity index (χ1v) is 7.87. The van der Waals surface area contributed by atoms with Gasteiger partial charge in [0.25, 0.3) is 0 Å². The van der Waals surface area contributed by atoms with Crippen LogP contribution < -0.4 is 5.32 Å². The number of benzene rings is 1. The molecule has 1 aliphatic carbocycles. The van der Waals surface area contributed by atoms with E-state index in [-0.39, 0.29) is 23.8 Å². The van der Waals surface area contributed by atoms with E-state index in [0.29, 0.717) is 12.8 Å². The van der Waals surface area contributed by atoms with E-state index in [9.17, 15) is 9.59 Å². The van der Waals surface area contributed by atoms with Gasteiger partial charge in [0.05, 0.1) is 12.0 Å². The molecule has 3 rings (SSSR count). The molecule has 5 nitrogen and oxygen atoms in total. The third-order valence-electron chi connectivity index (χ3n) is 4.45. The number of carboxylic acid groups (broad SMARTS) is 1. The van der Waals surface area contributed by atoms with Crippen LogP contribution in [0.15, 0.2) is 24.3 Å². The standard InChI is InChI=1S/C17H21NO4/c19-16(8-7-13-2-1-9-22-13)18-12-5-3-11(4-6-12)14-10-15(14)17(20)21/h3-6,13-15H,1-2,7-10H2,(H,18,19)(H,20,21)/t13?,14-,15+/m0/s1. The van der Waals surface area contributed by atoms with Gasteiger partial charge in [-0.25, -0.2) is 0 Å². The van der Waals surface area contributed by atoms with E-state index in [0.717, 1.165) is 37.1 Å². The van der Waals surface area contributed by atoms with Gasteiger partial charge in [-0.1, -0.05) is 12.1 Å². The number of carboxylic acids is 1. The van der Waals surface area contributed by atoms with Gasteiger partial charge in [0.15, 0.2) is 0 Å². The van der Waals surface area contributed by atoms with E-state index < -0.39 is 5.97 Å². The molecule has 1 aromatic rings. The van der Waals surface area contributed by atoms with Gasteiger partial charge in [0, 0.05) is 18.7 Å². The summed E-state index contributed by atoms with van der Waals surface area (Å²) in [4.78, 5) is 22.8. The monoisotopic (exact) mass is 303 g/mol. The smallest absolute Gasteiger partial charge is 0.307 e. The summed E-state index contributed by atoms with van der Waals surface area (Å²) < 4.78 is 5.50. The van der Waals surface area contributed by atoms with E-state index in [1.807, 2.05) is 24.3 Å². The van der Waals surface area contributed by atoms with Crippen molar-refractivity contribution < 1.29 is 19.4 Å². The van der Waals surface area contributed by atoms with Gasteiger partial charge >= 0.3 is 5.97 Å². The van der Waals surface area contributed by atoms with Gasteiger partial charge in [0.1, 0.15) is 0 Å². The third kappa shape index (κ3) is 3.65. The molecule has 2 fully saturated rings. The van der Waals surface area contributed by atoms with Crippen molar-refractivity contribution in [3.8, 4) is 0 Å². The van der Waals surface area contributed by atoms with Crippen molar-refractivity contribution in [3.05, 3.63) is 29.8 Å². The lowest BCUT2D eigenvalue weighted by atomic mass is 10.1. The minimum absolute atomic E-state index is 0.00177. The Morgan fingerprint density at radius 3 is 2.64 bits per heavy atom. The van der Waals surface area contributed by atoms with Crippen LogP contribution in [0.4, 0.5) is 5.69 Å². The number of hydrogen-bond donors (Lipinski definition) is 2. The van der Waals surface area contributed by atoms with Crippen molar-refractivity contribution in [2.75, 3.05) is 11.9 Å². The quantitative estimate of drug-likeness (QED) is 0.847. The maximum atomic E-state index is 11.9. The Labute approximate surface area is 129 Å². The molecule has 1 aliphatic heterocycles. The molecule has 118 valence electrons. The molecule has 0 spiro atoms. The molecule has 0 aromatic heterocycles. The molecule has 22 heavy (non-hydrogen) atoms. The number of aliphatic carboxylic acids is 1. The van der Waals surface area contributed by atoms with Gasteiger partial charge < -0.3 is 15.2 Å². The Morgan fingerprint density at radius 1 is 1.27 bits per heavy atom. The first-order valence-electron chi connectivity index (χ1n) is 7.87. The molecule has 1 saturated carbocycles. The molecule has 2 N–H and O–H groups in total. The molecule has 1 unspecified atom stereocenters. The highest BCUT2D eigenvalue weighted by atomic mass is 16.5. The van der Waals surface area contributed by atoms with E-state index in [1.165, 1.54) is 0 Å². The van der Waals surface area contributed by atoms with Crippen LogP contribution in [0.1, 0.15) is 43.6 Å². The second-order valence-corrected chi connectivity index (χ2v) is 6.13. The summed E-state index contributed by atoms with van der Waals surface area (Å²) in [5.41, 5.74) is 1.79. The van der Waals surface area contributed by atoms with Crippen LogP contribution in [0.3, 0.4) is 0 Å². The number of rotatable bonds is 6. The highest BCUT2D eigenvalue weighted by Gasteiger charge is 2.43. The van der Waals surface area contributed by atoms with E-state index in [2.05, 4.69) is 5.32 Å². The number of anilines is 1. The zero-order chi connectivity index (χ0) is 15.5. The van der Waals surface area contributed by atoms with E-state index >= 15 is 0 Å². The van der Waals surface area contributed by atoms with Crippen molar-refractivity contribution >= 4 is 17.6 Å². The van der Waals surface area contributed by atoms with Crippen LogP contribution in [-0.4, -0.2) is 29.7 Å².